The van der Waals surface area contributed by atoms with Crippen molar-refractivity contribution in [3.63, 3.8) is 0 Å². The summed E-state index contributed by atoms with van der Waals surface area (Å²) in [6, 6.07) is 15.7. The molecule has 0 fully saturated rings. The number of nitrogens with one attached hydrogen (secondary N) is 1. The second kappa shape index (κ2) is 9.66. The molecule has 1 heterocycles. The summed E-state index contributed by atoms with van der Waals surface area (Å²) in [7, 11) is 1.64. The van der Waals surface area contributed by atoms with Crippen LogP contribution in [0.4, 0.5) is 5.13 Å². The SMILES string of the molecule is CC[NH+](CC)CCN(C(=O)Cc1ccc(OC)cc1)c1nc2ccccc2s1. The van der Waals surface area contributed by atoms with Crippen molar-refractivity contribution < 1.29 is 14.4 Å². The van der Waals surface area contributed by atoms with Crippen LogP contribution in [0.5, 0.6) is 5.75 Å². The third kappa shape index (κ3) is 4.88. The fourth-order valence-electron chi connectivity index (χ4n) is 3.19. The summed E-state index contributed by atoms with van der Waals surface area (Å²) in [6.45, 7) is 8.05. The van der Waals surface area contributed by atoms with Crippen LogP contribution in [0.3, 0.4) is 0 Å². The molecule has 0 aliphatic carbocycles. The first kappa shape index (κ1) is 20.3. The number of fused-ring (bicyclic) bond motifs is 1. The van der Waals surface area contributed by atoms with Crippen LogP contribution in [0.15, 0.2) is 48.5 Å². The third-order valence-corrected chi connectivity index (χ3v) is 6.08. The van der Waals surface area contributed by atoms with E-state index >= 15 is 0 Å². The van der Waals surface area contributed by atoms with E-state index in [2.05, 4.69) is 19.9 Å². The zero-order valence-corrected chi connectivity index (χ0v) is 17.6. The smallest absolute Gasteiger partial charge is 0.233 e. The number of methoxy groups -OCH3 is 1. The molecule has 1 N–H and O–H groups in total. The molecule has 0 aliphatic rings. The monoisotopic (exact) mass is 398 g/mol. The van der Waals surface area contributed by atoms with E-state index in [1.165, 1.54) is 4.90 Å². The normalized spacial score (nSPS) is 11.1. The van der Waals surface area contributed by atoms with E-state index in [4.69, 9.17) is 9.72 Å². The van der Waals surface area contributed by atoms with Crippen LogP contribution < -0.4 is 14.5 Å². The second-order valence-corrected chi connectivity index (χ2v) is 7.75. The van der Waals surface area contributed by atoms with Crippen molar-refractivity contribution >= 4 is 32.6 Å². The summed E-state index contributed by atoms with van der Waals surface area (Å²) >= 11 is 1.58. The molecule has 0 radical (unpaired) electrons. The van der Waals surface area contributed by atoms with E-state index in [1.807, 2.05) is 47.4 Å². The maximum Gasteiger partial charge on any atom is 0.233 e. The highest BCUT2D eigenvalue weighted by Crippen LogP contribution is 2.29. The van der Waals surface area contributed by atoms with E-state index < -0.39 is 0 Å². The zero-order chi connectivity index (χ0) is 19.9. The van der Waals surface area contributed by atoms with Gasteiger partial charge in [-0.05, 0) is 43.7 Å². The van der Waals surface area contributed by atoms with Crippen molar-refractivity contribution in [1.29, 1.82) is 0 Å². The number of nitrogens with zero attached hydrogens (tertiary/aromatic N) is 2. The minimum Gasteiger partial charge on any atom is -0.497 e. The van der Waals surface area contributed by atoms with Gasteiger partial charge in [0.15, 0.2) is 5.13 Å². The number of rotatable bonds is 9. The highest BCUT2D eigenvalue weighted by Gasteiger charge is 2.21. The van der Waals surface area contributed by atoms with Crippen LogP contribution in [0.1, 0.15) is 19.4 Å². The Morgan fingerprint density at radius 2 is 1.82 bits per heavy atom. The first-order valence-electron chi connectivity index (χ1n) is 9.77. The number of para-hydroxylation sites is 1. The van der Waals surface area contributed by atoms with Gasteiger partial charge in [0.25, 0.3) is 0 Å². The molecule has 0 saturated heterocycles. The molecule has 0 aliphatic heterocycles. The third-order valence-electron chi connectivity index (χ3n) is 5.02. The molecule has 1 aromatic heterocycles. The number of likely N-dealkylation sites (N-methyl/N-ethyl adjacent to an activating group) is 1. The maximum absolute atomic E-state index is 13.2. The summed E-state index contributed by atoms with van der Waals surface area (Å²) < 4.78 is 6.31. The van der Waals surface area contributed by atoms with Crippen molar-refractivity contribution in [3.8, 4) is 5.75 Å². The van der Waals surface area contributed by atoms with Gasteiger partial charge in [-0.1, -0.05) is 35.6 Å². The minimum absolute atomic E-state index is 0.0794. The molecule has 3 rings (SSSR count). The second-order valence-electron chi connectivity index (χ2n) is 6.74. The number of benzene rings is 2. The number of quaternary nitrogens is 1. The van der Waals surface area contributed by atoms with E-state index in [1.54, 1.807) is 18.4 Å². The predicted molar refractivity (Wildman–Crippen MR) is 116 cm³/mol. The van der Waals surface area contributed by atoms with E-state index in [0.717, 1.165) is 46.3 Å². The highest BCUT2D eigenvalue weighted by molar-refractivity contribution is 7.22. The van der Waals surface area contributed by atoms with Gasteiger partial charge in [0.2, 0.25) is 5.91 Å². The number of carbonyl (C=O) groups is 1. The van der Waals surface area contributed by atoms with Crippen LogP contribution in [0, 0.1) is 0 Å². The summed E-state index contributed by atoms with van der Waals surface area (Å²) in [5.74, 6) is 0.875. The number of carbonyl (C=O) groups excluding carboxylic acids is 1. The van der Waals surface area contributed by atoms with E-state index in [0.29, 0.717) is 13.0 Å². The van der Waals surface area contributed by atoms with Crippen LogP contribution in [0.25, 0.3) is 10.2 Å². The highest BCUT2D eigenvalue weighted by atomic mass is 32.1. The van der Waals surface area contributed by atoms with Crippen molar-refractivity contribution in [2.24, 2.45) is 0 Å². The quantitative estimate of drug-likeness (QED) is 0.603. The topological polar surface area (TPSA) is 46.9 Å². The van der Waals surface area contributed by atoms with Crippen molar-refractivity contribution in [2.45, 2.75) is 20.3 Å². The Hall–Kier alpha value is -2.44. The van der Waals surface area contributed by atoms with Gasteiger partial charge in [-0.3, -0.25) is 9.69 Å². The number of hydrogen-bond donors (Lipinski definition) is 1. The molecular formula is C22H28N3O2S+. The molecule has 0 bridgehead atoms. The molecular weight excluding hydrogens is 370 g/mol. The average molecular weight is 399 g/mol. The molecule has 148 valence electrons. The first-order valence-corrected chi connectivity index (χ1v) is 10.6. The Labute approximate surface area is 170 Å². The van der Waals surface area contributed by atoms with E-state index in [-0.39, 0.29) is 5.91 Å². The Kier molecular flexibility index (Phi) is 7.01. The summed E-state index contributed by atoms with van der Waals surface area (Å²) in [4.78, 5) is 21.2. The van der Waals surface area contributed by atoms with Crippen LogP contribution in [0.2, 0.25) is 0 Å². The largest absolute Gasteiger partial charge is 0.497 e. The number of aromatic nitrogens is 1. The van der Waals surface area contributed by atoms with Gasteiger partial charge < -0.3 is 9.64 Å². The lowest BCUT2D eigenvalue weighted by Crippen LogP contribution is -3.12. The lowest BCUT2D eigenvalue weighted by Gasteiger charge is -2.23. The lowest BCUT2D eigenvalue weighted by atomic mass is 10.1. The summed E-state index contributed by atoms with van der Waals surface area (Å²) in [5, 5.41) is 0.784. The molecule has 0 atom stereocenters. The first-order chi connectivity index (χ1) is 13.6. The number of hydrogen-bond acceptors (Lipinski definition) is 4. The van der Waals surface area contributed by atoms with Gasteiger partial charge >= 0.3 is 0 Å². The van der Waals surface area contributed by atoms with Gasteiger partial charge in [0.05, 0.1) is 49.9 Å². The molecule has 0 saturated carbocycles. The Morgan fingerprint density at radius 1 is 1.11 bits per heavy atom. The molecule has 6 heteroatoms. The molecule has 1 amide bonds. The molecule has 5 nitrogen and oxygen atoms in total. The summed E-state index contributed by atoms with van der Waals surface area (Å²) in [6.07, 6.45) is 0.355. The standard InChI is InChI=1S/C22H27N3O2S/c1-4-24(5-2)14-15-25(22-23-19-8-6-7-9-20(19)28-22)21(26)16-17-10-12-18(27-3)13-11-17/h6-13H,4-5,14-16H2,1-3H3/p+1. The average Bonchev–Trinajstić information content (AvgIpc) is 3.15. The van der Waals surface area contributed by atoms with Crippen molar-refractivity contribution in [1.82, 2.24) is 4.98 Å². The van der Waals surface area contributed by atoms with Crippen LogP contribution in [-0.2, 0) is 11.2 Å². The fraction of sp³-hybridized carbons (Fsp3) is 0.364. The Morgan fingerprint density at radius 3 is 2.46 bits per heavy atom. The van der Waals surface area contributed by atoms with E-state index in [9.17, 15) is 4.79 Å². The van der Waals surface area contributed by atoms with Crippen molar-refractivity contribution in [3.05, 3.63) is 54.1 Å². The molecule has 0 spiro atoms. The van der Waals surface area contributed by atoms with Gasteiger partial charge in [0, 0.05) is 0 Å². The minimum atomic E-state index is 0.0794. The van der Waals surface area contributed by atoms with Crippen molar-refractivity contribution in [2.75, 3.05) is 38.2 Å². The summed E-state index contributed by atoms with van der Waals surface area (Å²) in [5.41, 5.74) is 1.92. The maximum atomic E-state index is 13.2. The molecule has 2 aromatic carbocycles. The van der Waals surface area contributed by atoms with Gasteiger partial charge in [0.1, 0.15) is 5.75 Å². The van der Waals surface area contributed by atoms with Gasteiger partial charge in [-0.25, -0.2) is 4.98 Å². The molecule has 28 heavy (non-hydrogen) atoms. The number of thiazole rings is 1. The number of ether oxygens (including phenoxy) is 1. The van der Waals surface area contributed by atoms with Crippen LogP contribution in [-0.4, -0.2) is 44.2 Å². The fourth-order valence-corrected chi connectivity index (χ4v) is 4.20. The molecule has 0 unspecified atom stereocenters. The Balaban J connectivity index is 1.82. The van der Waals surface area contributed by atoms with Crippen LogP contribution >= 0.6 is 11.3 Å². The lowest BCUT2D eigenvalue weighted by molar-refractivity contribution is -0.894. The predicted octanol–water partition coefficient (Wildman–Crippen LogP) is 2.81. The Bertz CT molecular complexity index is 871. The number of amides is 1. The van der Waals surface area contributed by atoms with Gasteiger partial charge in [-0.15, -0.1) is 0 Å². The molecule has 3 aromatic rings. The zero-order valence-electron chi connectivity index (χ0n) is 16.8. The van der Waals surface area contributed by atoms with Gasteiger partial charge in [-0.2, -0.15) is 0 Å². The number of anilines is 1.